The number of benzene rings is 2. The first-order valence-corrected chi connectivity index (χ1v) is 9.61. The van der Waals surface area contributed by atoms with E-state index in [2.05, 4.69) is 46.0 Å². The number of ether oxygens (including phenoxy) is 1. The van der Waals surface area contributed by atoms with E-state index in [4.69, 9.17) is 4.74 Å². The van der Waals surface area contributed by atoms with Crippen molar-refractivity contribution >= 4 is 16.6 Å². The maximum Gasteiger partial charge on any atom is 0.132 e. The molecule has 5 heteroatoms. The number of morpholine rings is 1. The SMILES string of the molecule is CCNCC1CN(c2cccc(-n3ccc4c(F)ccc(C)c43)c2)CCO1. The highest BCUT2D eigenvalue weighted by Gasteiger charge is 2.20. The van der Waals surface area contributed by atoms with Crippen LogP contribution in [0.4, 0.5) is 10.1 Å². The predicted octanol–water partition coefficient (Wildman–Crippen LogP) is 3.89. The summed E-state index contributed by atoms with van der Waals surface area (Å²) in [6.07, 6.45) is 2.15. The predicted molar refractivity (Wildman–Crippen MR) is 108 cm³/mol. The molecule has 0 aliphatic carbocycles. The highest BCUT2D eigenvalue weighted by atomic mass is 19.1. The van der Waals surface area contributed by atoms with E-state index in [9.17, 15) is 4.39 Å². The molecule has 0 spiro atoms. The fourth-order valence-corrected chi connectivity index (χ4v) is 3.83. The number of hydrogen-bond donors (Lipinski definition) is 1. The summed E-state index contributed by atoms with van der Waals surface area (Å²) in [6, 6.07) is 13.7. The zero-order valence-corrected chi connectivity index (χ0v) is 15.9. The van der Waals surface area contributed by atoms with Crippen LogP contribution in [0.25, 0.3) is 16.6 Å². The minimum atomic E-state index is -0.176. The summed E-state index contributed by atoms with van der Waals surface area (Å²) < 4.78 is 22.1. The number of nitrogens with zero attached hydrogens (tertiary/aromatic N) is 2. The number of anilines is 1. The third-order valence-electron chi connectivity index (χ3n) is 5.23. The Morgan fingerprint density at radius 3 is 2.89 bits per heavy atom. The summed E-state index contributed by atoms with van der Waals surface area (Å²) in [4.78, 5) is 2.37. The quantitative estimate of drug-likeness (QED) is 0.742. The molecule has 1 saturated heterocycles. The van der Waals surface area contributed by atoms with Gasteiger partial charge < -0.3 is 19.5 Å². The fraction of sp³-hybridized carbons (Fsp3) is 0.364. The molecular weight excluding hydrogens is 341 g/mol. The second kappa shape index (κ2) is 7.71. The Balaban J connectivity index is 1.65. The Hall–Kier alpha value is -2.37. The standard InChI is InChI=1S/C22H26FN3O/c1-3-24-14-19-15-25(11-12-27-19)17-5-4-6-18(13-17)26-10-9-20-21(23)8-7-16(2)22(20)26/h4-10,13,19,24H,3,11-12,14-15H2,1-2H3. The van der Waals surface area contributed by atoms with E-state index in [0.29, 0.717) is 5.39 Å². The van der Waals surface area contributed by atoms with Crippen LogP contribution < -0.4 is 10.2 Å². The van der Waals surface area contributed by atoms with Crippen molar-refractivity contribution in [2.75, 3.05) is 37.7 Å². The van der Waals surface area contributed by atoms with E-state index in [1.165, 1.54) is 11.8 Å². The summed E-state index contributed by atoms with van der Waals surface area (Å²) in [5, 5.41) is 4.03. The molecule has 4 nitrogen and oxygen atoms in total. The number of fused-ring (bicyclic) bond motifs is 1. The molecule has 1 aliphatic rings. The maximum absolute atomic E-state index is 14.2. The first kappa shape index (κ1) is 18.0. The van der Waals surface area contributed by atoms with Gasteiger partial charge in [-0.15, -0.1) is 0 Å². The van der Waals surface area contributed by atoms with Crippen molar-refractivity contribution in [3.63, 3.8) is 0 Å². The minimum Gasteiger partial charge on any atom is -0.373 e. The summed E-state index contributed by atoms with van der Waals surface area (Å²) >= 11 is 0. The molecule has 2 aromatic carbocycles. The molecule has 1 unspecified atom stereocenters. The molecule has 142 valence electrons. The highest BCUT2D eigenvalue weighted by molar-refractivity contribution is 5.85. The van der Waals surface area contributed by atoms with Crippen molar-refractivity contribution in [3.8, 4) is 5.69 Å². The van der Waals surface area contributed by atoms with Gasteiger partial charge in [-0.05, 0) is 49.4 Å². The number of hydrogen-bond acceptors (Lipinski definition) is 3. The normalized spacial score (nSPS) is 17.6. The molecule has 4 rings (SSSR count). The van der Waals surface area contributed by atoms with Crippen LogP contribution in [0.5, 0.6) is 0 Å². The smallest absolute Gasteiger partial charge is 0.132 e. The van der Waals surface area contributed by atoms with Crippen molar-refractivity contribution in [2.45, 2.75) is 20.0 Å². The van der Waals surface area contributed by atoms with Gasteiger partial charge in [-0.2, -0.15) is 0 Å². The molecule has 0 saturated carbocycles. The highest BCUT2D eigenvalue weighted by Crippen LogP contribution is 2.28. The molecule has 0 radical (unpaired) electrons. The fourth-order valence-electron chi connectivity index (χ4n) is 3.83. The first-order valence-electron chi connectivity index (χ1n) is 9.61. The largest absolute Gasteiger partial charge is 0.373 e. The van der Waals surface area contributed by atoms with Crippen LogP contribution in [0, 0.1) is 12.7 Å². The second-order valence-corrected chi connectivity index (χ2v) is 7.08. The van der Waals surface area contributed by atoms with Gasteiger partial charge in [0.15, 0.2) is 0 Å². The van der Waals surface area contributed by atoms with E-state index < -0.39 is 0 Å². The van der Waals surface area contributed by atoms with Gasteiger partial charge in [-0.25, -0.2) is 4.39 Å². The second-order valence-electron chi connectivity index (χ2n) is 7.08. The van der Waals surface area contributed by atoms with Crippen LogP contribution in [0.2, 0.25) is 0 Å². The molecule has 1 N–H and O–H groups in total. The van der Waals surface area contributed by atoms with E-state index in [0.717, 1.165) is 49.6 Å². The molecule has 2 heterocycles. The van der Waals surface area contributed by atoms with E-state index in [1.54, 1.807) is 0 Å². The van der Waals surface area contributed by atoms with Gasteiger partial charge >= 0.3 is 0 Å². The third kappa shape index (κ3) is 3.57. The Kier molecular flexibility index (Phi) is 5.14. The average molecular weight is 367 g/mol. The molecule has 27 heavy (non-hydrogen) atoms. The van der Waals surface area contributed by atoms with Crippen molar-refractivity contribution in [2.24, 2.45) is 0 Å². The monoisotopic (exact) mass is 367 g/mol. The van der Waals surface area contributed by atoms with Gasteiger partial charge in [0.2, 0.25) is 0 Å². The van der Waals surface area contributed by atoms with Gasteiger partial charge in [0, 0.05) is 42.6 Å². The van der Waals surface area contributed by atoms with Crippen LogP contribution in [-0.2, 0) is 4.74 Å². The lowest BCUT2D eigenvalue weighted by Gasteiger charge is -2.35. The number of aromatic nitrogens is 1. The number of nitrogens with one attached hydrogen (secondary N) is 1. The zero-order valence-electron chi connectivity index (χ0n) is 15.9. The summed E-state index contributed by atoms with van der Waals surface area (Å²) in [5.74, 6) is -0.176. The topological polar surface area (TPSA) is 29.4 Å². The van der Waals surface area contributed by atoms with Gasteiger partial charge in [0.25, 0.3) is 0 Å². The Morgan fingerprint density at radius 1 is 1.19 bits per heavy atom. The number of likely N-dealkylation sites (N-methyl/N-ethyl adjacent to an activating group) is 1. The third-order valence-corrected chi connectivity index (χ3v) is 5.23. The lowest BCUT2D eigenvalue weighted by atomic mass is 10.1. The number of rotatable bonds is 5. The Morgan fingerprint density at radius 2 is 2.04 bits per heavy atom. The van der Waals surface area contributed by atoms with Gasteiger partial charge in [-0.3, -0.25) is 0 Å². The van der Waals surface area contributed by atoms with Crippen molar-refractivity contribution < 1.29 is 9.13 Å². The van der Waals surface area contributed by atoms with Crippen LogP contribution in [0.3, 0.4) is 0 Å². The molecule has 1 fully saturated rings. The molecule has 1 aromatic heterocycles. The van der Waals surface area contributed by atoms with Crippen molar-refractivity contribution in [1.29, 1.82) is 0 Å². The molecule has 1 aliphatic heterocycles. The van der Waals surface area contributed by atoms with Gasteiger partial charge in [0.05, 0.1) is 18.2 Å². The van der Waals surface area contributed by atoms with E-state index >= 15 is 0 Å². The summed E-state index contributed by atoms with van der Waals surface area (Å²) in [6.45, 7) is 8.44. The lowest BCUT2D eigenvalue weighted by Crippen LogP contribution is -2.46. The zero-order chi connectivity index (χ0) is 18.8. The first-order chi connectivity index (χ1) is 13.2. The summed E-state index contributed by atoms with van der Waals surface area (Å²) in [7, 11) is 0. The van der Waals surface area contributed by atoms with Gasteiger partial charge in [-0.1, -0.05) is 19.1 Å². The van der Waals surface area contributed by atoms with Crippen LogP contribution in [-0.4, -0.2) is 43.5 Å². The molecule has 3 aromatic rings. The van der Waals surface area contributed by atoms with Crippen molar-refractivity contribution in [1.82, 2.24) is 9.88 Å². The number of halogens is 1. The van der Waals surface area contributed by atoms with Crippen molar-refractivity contribution in [3.05, 3.63) is 60.0 Å². The minimum absolute atomic E-state index is 0.176. The average Bonchev–Trinajstić information content (AvgIpc) is 3.16. The van der Waals surface area contributed by atoms with Gasteiger partial charge in [0.1, 0.15) is 5.82 Å². The lowest BCUT2D eigenvalue weighted by molar-refractivity contribution is 0.0413. The van der Waals surface area contributed by atoms with Crippen LogP contribution >= 0.6 is 0 Å². The maximum atomic E-state index is 14.2. The molecule has 0 amide bonds. The Labute approximate surface area is 159 Å². The number of aryl methyl sites for hydroxylation is 1. The van der Waals surface area contributed by atoms with Crippen LogP contribution in [0.15, 0.2) is 48.7 Å². The molecule has 1 atom stereocenters. The van der Waals surface area contributed by atoms with E-state index in [-0.39, 0.29) is 11.9 Å². The van der Waals surface area contributed by atoms with E-state index in [1.807, 2.05) is 25.3 Å². The molecular formula is C22H26FN3O. The summed E-state index contributed by atoms with van der Waals surface area (Å²) in [5.41, 5.74) is 4.22. The molecule has 0 bridgehead atoms. The van der Waals surface area contributed by atoms with Crippen LogP contribution in [0.1, 0.15) is 12.5 Å². The Bertz CT molecular complexity index is 936.